The SMILES string of the molecule is CC(C)NC(=O)[C@H](C)N(CCc1ccccc1)C(=O)CN(c1cccc(Cl)c1Cl)S(C)(=O)=O. The number of halogens is 2. The van der Waals surface area contributed by atoms with Crippen LogP contribution in [0.25, 0.3) is 0 Å². The summed E-state index contributed by atoms with van der Waals surface area (Å²) in [5, 5.41) is 3.00. The summed E-state index contributed by atoms with van der Waals surface area (Å²) in [7, 11) is -3.88. The number of carbonyl (C=O) groups is 2. The molecule has 0 bridgehead atoms. The number of rotatable bonds is 10. The van der Waals surface area contributed by atoms with E-state index in [4.69, 9.17) is 23.2 Å². The smallest absolute Gasteiger partial charge is 0.244 e. The van der Waals surface area contributed by atoms with Crippen LogP contribution in [0.15, 0.2) is 48.5 Å². The van der Waals surface area contributed by atoms with Crippen molar-refractivity contribution >= 4 is 50.7 Å². The maximum absolute atomic E-state index is 13.4. The normalized spacial score (nSPS) is 12.3. The molecule has 0 radical (unpaired) electrons. The molecule has 1 atom stereocenters. The molecule has 0 heterocycles. The van der Waals surface area contributed by atoms with Gasteiger partial charge in [0, 0.05) is 12.6 Å². The fourth-order valence-electron chi connectivity index (χ4n) is 3.26. The first-order chi connectivity index (χ1) is 15.4. The Balaban J connectivity index is 2.35. The molecule has 0 aliphatic rings. The van der Waals surface area contributed by atoms with E-state index in [0.717, 1.165) is 16.1 Å². The van der Waals surface area contributed by atoms with Gasteiger partial charge in [0.25, 0.3) is 0 Å². The zero-order valence-electron chi connectivity index (χ0n) is 19.1. The summed E-state index contributed by atoms with van der Waals surface area (Å²) in [6.45, 7) is 4.99. The molecular weight excluding hydrogens is 485 g/mol. The topological polar surface area (TPSA) is 86.8 Å². The van der Waals surface area contributed by atoms with Crippen molar-refractivity contribution in [2.24, 2.45) is 0 Å². The number of hydrogen-bond acceptors (Lipinski definition) is 4. The molecule has 0 aromatic heterocycles. The molecular formula is C23H29Cl2N3O4S. The molecule has 0 fully saturated rings. The van der Waals surface area contributed by atoms with E-state index in [-0.39, 0.29) is 34.2 Å². The van der Waals surface area contributed by atoms with Crippen molar-refractivity contribution in [1.29, 1.82) is 0 Å². The van der Waals surface area contributed by atoms with E-state index in [1.54, 1.807) is 13.0 Å². The van der Waals surface area contributed by atoms with Crippen LogP contribution in [0.4, 0.5) is 5.69 Å². The number of amides is 2. The Hall–Kier alpha value is -2.29. The highest BCUT2D eigenvalue weighted by Crippen LogP contribution is 2.33. The van der Waals surface area contributed by atoms with Crippen molar-refractivity contribution in [3.8, 4) is 0 Å². The largest absolute Gasteiger partial charge is 0.352 e. The van der Waals surface area contributed by atoms with Crippen molar-refractivity contribution < 1.29 is 18.0 Å². The summed E-state index contributed by atoms with van der Waals surface area (Å²) < 4.78 is 26.0. The molecule has 33 heavy (non-hydrogen) atoms. The monoisotopic (exact) mass is 513 g/mol. The van der Waals surface area contributed by atoms with Crippen LogP contribution in [0.2, 0.25) is 10.0 Å². The fraction of sp³-hybridized carbons (Fsp3) is 0.391. The second-order valence-electron chi connectivity index (χ2n) is 8.00. The molecule has 2 aromatic carbocycles. The van der Waals surface area contributed by atoms with Crippen molar-refractivity contribution in [3.63, 3.8) is 0 Å². The summed E-state index contributed by atoms with van der Waals surface area (Å²) in [5.41, 5.74) is 1.09. The first-order valence-corrected chi connectivity index (χ1v) is 13.1. The minimum atomic E-state index is -3.88. The number of nitrogens with one attached hydrogen (secondary N) is 1. The molecule has 0 aliphatic heterocycles. The lowest BCUT2D eigenvalue weighted by atomic mass is 10.1. The third-order valence-electron chi connectivity index (χ3n) is 4.96. The van der Waals surface area contributed by atoms with Crippen molar-refractivity contribution in [3.05, 3.63) is 64.1 Å². The van der Waals surface area contributed by atoms with Crippen LogP contribution >= 0.6 is 23.2 Å². The van der Waals surface area contributed by atoms with Gasteiger partial charge in [-0.05, 0) is 44.9 Å². The van der Waals surface area contributed by atoms with E-state index in [1.807, 2.05) is 44.2 Å². The van der Waals surface area contributed by atoms with Gasteiger partial charge >= 0.3 is 0 Å². The van der Waals surface area contributed by atoms with E-state index >= 15 is 0 Å². The Morgan fingerprint density at radius 3 is 2.21 bits per heavy atom. The average molecular weight is 514 g/mol. The van der Waals surface area contributed by atoms with Crippen LogP contribution in [0.5, 0.6) is 0 Å². The standard InChI is InChI=1S/C23H29Cl2N3O4S/c1-16(2)26-23(30)17(3)27(14-13-18-9-6-5-7-10-18)21(29)15-28(33(4,31)32)20-12-8-11-19(24)22(20)25/h5-12,16-17H,13-15H2,1-4H3,(H,26,30)/t17-/m0/s1. The van der Waals surface area contributed by atoms with Gasteiger partial charge in [-0.2, -0.15) is 0 Å². The molecule has 7 nitrogen and oxygen atoms in total. The lowest BCUT2D eigenvalue weighted by Gasteiger charge is -2.32. The predicted octanol–water partition coefficient (Wildman–Crippen LogP) is 3.74. The maximum atomic E-state index is 13.4. The zero-order valence-corrected chi connectivity index (χ0v) is 21.4. The molecule has 10 heteroatoms. The molecule has 0 aliphatic carbocycles. The summed E-state index contributed by atoms with van der Waals surface area (Å²) in [6, 6.07) is 13.2. The third-order valence-corrected chi connectivity index (χ3v) is 6.90. The summed E-state index contributed by atoms with van der Waals surface area (Å²) >= 11 is 12.3. The Morgan fingerprint density at radius 2 is 1.64 bits per heavy atom. The average Bonchev–Trinajstić information content (AvgIpc) is 2.73. The van der Waals surface area contributed by atoms with Gasteiger partial charge in [0.1, 0.15) is 12.6 Å². The van der Waals surface area contributed by atoms with Gasteiger partial charge in [-0.3, -0.25) is 13.9 Å². The van der Waals surface area contributed by atoms with Crippen LogP contribution in [0.1, 0.15) is 26.3 Å². The second-order valence-corrected chi connectivity index (χ2v) is 10.7. The molecule has 0 saturated carbocycles. The molecule has 0 spiro atoms. The Labute approximate surface area is 205 Å². The molecule has 0 unspecified atom stereocenters. The van der Waals surface area contributed by atoms with E-state index < -0.39 is 28.5 Å². The lowest BCUT2D eigenvalue weighted by molar-refractivity contribution is -0.139. The molecule has 0 saturated heterocycles. The van der Waals surface area contributed by atoms with Crippen molar-refractivity contribution in [1.82, 2.24) is 10.2 Å². The van der Waals surface area contributed by atoms with Gasteiger partial charge in [0.05, 0.1) is 22.0 Å². The highest BCUT2D eigenvalue weighted by atomic mass is 35.5. The Bertz CT molecular complexity index is 1080. The number of anilines is 1. The van der Waals surface area contributed by atoms with E-state index in [0.29, 0.717) is 6.42 Å². The summed E-state index contributed by atoms with van der Waals surface area (Å²) in [6.07, 6.45) is 1.49. The van der Waals surface area contributed by atoms with E-state index in [2.05, 4.69) is 5.32 Å². The highest BCUT2D eigenvalue weighted by Gasteiger charge is 2.31. The summed E-state index contributed by atoms with van der Waals surface area (Å²) in [5.74, 6) is -0.850. The number of carbonyl (C=O) groups excluding carboxylic acids is 2. The van der Waals surface area contributed by atoms with Crippen LogP contribution in [0, 0.1) is 0 Å². The van der Waals surface area contributed by atoms with Crippen molar-refractivity contribution in [2.75, 3.05) is 23.7 Å². The molecule has 1 N–H and O–H groups in total. The molecule has 2 rings (SSSR count). The Kier molecular flexibility index (Phi) is 9.57. The number of hydrogen-bond donors (Lipinski definition) is 1. The first-order valence-electron chi connectivity index (χ1n) is 10.5. The minimum Gasteiger partial charge on any atom is -0.352 e. The van der Waals surface area contributed by atoms with E-state index in [1.165, 1.54) is 17.0 Å². The van der Waals surface area contributed by atoms with Crippen LogP contribution < -0.4 is 9.62 Å². The Morgan fingerprint density at radius 1 is 1.00 bits per heavy atom. The number of benzene rings is 2. The van der Waals surface area contributed by atoms with Gasteiger partial charge < -0.3 is 10.2 Å². The highest BCUT2D eigenvalue weighted by molar-refractivity contribution is 7.92. The van der Waals surface area contributed by atoms with E-state index in [9.17, 15) is 18.0 Å². The summed E-state index contributed by atoms with van der Waals surface area (Å²) in [4.78, 5) is 27.5. The fourth-order valence-corrected chi connectivity index (χ4v) is 4.56. The minimum absolute atomic E-state index is 0.0267. The predicted molar refractivity (Wildman–Crippen MR) is 133 cm³/mol. The molecule has 180 valence electrons. The molecule has 2 aromatic rings. The van der Waals surface area contributed by atoms with Crippen LogP contribution in [0.3, 0.4) is 0 Å². The molecule has 2 amide bonds. The number of sulfonamides is 1. The van der Waals surface area contributed by atoms with Crippen molar-refractivity contribution in [2.45, 2.75) is 39.3 Å². The second kappa shape index (κ2) is 11.7. The third kappa shape index (κ3) is 7.62. The zero-order chi connectivity index (χ0) is 24.8. The first kappa shape index (κ1) is 27.0. The quantitative estimate of drug-likeness (QED) is 0.524. The maximum Gasteiger partial charge on any atom is 0.244 e. The van der Waals surface area contributed by atoms with Crippen LogP contribution in [-0.2, 0) is 26.0 Å². The number of nitrogens with zero attached hydrogens (tertiary/aromatic N) is 2. The van der Waals surface area contributed by atoms with Gasteiger partial charge in [-0.15, -0.1) is 0 Å². The van der Waals surface area contributed by atoms with Gasteiger partial charge in [0.2, 0.25) is 21.8 Å². The van der Waals surface area contributed by atoms with Gasteiger partial charge in [0.15, 0.2) is 0 Å². The van der Waals surface area contributed by atoms with Crippen LogP contribution in [-0.4, -0.2) is 56.6 Å². The lowest BCUT2D eigenvalue weighted by Crippen LogP contribution is -2.53. The van der Waals surface area contributed by atoms with Gasteiger partial charge in [-0.25, -0.2) is 8.42 Å². The van der Waals surface area contributed by atoms with Gasteiger partial charge in [-0.1, -0.05) is 59.6 Å².